The third-order valence-corrected chi connectivity index (χ3v) is 3.80. The van der Waals surface area contributed by atoms with Gasteiger partial charge in [0, 0.05) is 22.5 Å². The van der Waals surface area contributed by atoms with Gasteiger partial charge in [-0.1, -0.05) is 40.2 Å². The first-order valence-corrected chi connectivity index (χ1v) is 7.17. The molecule has 0 spiro atoms. The predicted octanol–water partition coefficient (Wildman–Crippen LogP) is 4.22. The van der Waals surface area contributed by atoms with Gasteiger partial charge < -0.3 is 0 Å². The minimum Gasteiger partial charge on any atom is -0.283 e. The van der Waals surface area contributed by atoms with Gasteiger partial charge >= 0.3 is 0 Å². The monoisotopic (exact) mass is 313 g/mol. The summed E-state index contributed by atoms with van der Waals surface area (Å²) in [5.41, 5.74) is 2.85. The van der Waals surface area contributed by atoms with E-state index in [0.29, 0.717) is 5.56 Å². The van der Waals surface area contributed by atoms with Crippen molar-refractivity contribution in [1.82, 2.24) is 4.57 Å². The Morgan fingerprint density at radius 2 is 1.84 bits per heavy atom. The first kappa shape index (κ1) is 12.2. The van der Waals surface area contributed by atoms with Crippen molar-refractivity contribution in [2.45, 2.75) is 5.33 Å². The lowest BCUT2D eigenvalue weighted by Gasteiger charge is -2.04. The number of hydrogen-bond acceptors (Lipinski definition) is 1. The number of alkyl halides is 1. The van der Waals surface area contributed by atoms with E-state index < -0.39 is 0 Å². The van der Waals surface area contributed by atoms with Crippen LogP contribution < -0.4 is 0 Å². The Kier molecular flexibility index (Phi) is 3.22. The molecule has 3 heteroatoms. The second kappa shape index (κ2) is 5.02. The summed E-state index contributed by atoms with van der Waals surface area (Å²) in [7, 11) is 0. The second-order valence-corrected chi connectivity index (χ2v) is 4.94. The fourth-order valence-electron chi connectivity index (χ4n) is 2.17. The fourth-order valence-corrected chi connectivity index (χ4v) is 2.52. The van der Waals surface area contributed by atoms with Crippen LogP contribution in [0.2, 0.25) is 0 Å². The molecule has 0 bridgehead atoms. The van der Waals surface area contributed by atoms with Crippen LogP contribution in [0, 0.1) is 0 Å². The Morgan fingerprint density at radius 1 is 1.05 bits per heavy atom. The maximum absolute atomic E-state index is 12.4. The zero-order chi connectivity index (χ0) is 13.2. The van der Waals surface area contributed by atoms with Gasteiger partial charge in [-0.05, 0) is 35.9 Å². The van der Waals surface area contributed by atoms with E-state index in [2.05, 4.69) is 22.0 Å². The van der Waals surface area contributed by atoms with Crippen molar-refractivity contribution in [2.75, 3.05) is 0 Å². The molecule has 0 saturated carbocycles. The molecule has 1 heterocycles. The van der Waals surface area contributed by atoms with Gasteiger partial charge in [-0.3, -0.25) is 9.36 Å². The van der Waals surface area contributed by atoms with Gasteiger partial charge in [0.15, 0.2) is 0 Å². The fraction of sp³-hybridized carbons (Fsp3) is 0.0625. The summed E-state index contributed by atoms with van der Waals surface area (Å²) in [5.74, 6) is 0.00203. The predicted molar refractivity (Wildman–Crippen MR) is 80.7 cm³/mol. The molecule has 2 nitrogen and oxygen atoms in total. The summed E-state index contributed by atoms with van der Waals surface area (Å²) in [4.78, 5) is 12.4. The first-order chi connectivity index (χ1) is 9.29. The van der Waals surface area contributed by atoms with Crippen molar-refractivity contribution >= 4 is 32.7 Å². The minimum absolute atomic E-state index is 0.00203. The molecule has 0 fully saturated rings. The van der Waals surface area contributed by atoms with Gasteiger partial charge in [-0.2, -0.15) is 0 Å². The van der Waals surface area contributed by atoms with Crippen LogP contribution in [0.1, 0.15) is 15.9 Å². The summed E-state index contributed by atoms with van der Waals surface area (Å²) < 4.78 is 1.70. The molecule has 3 aromatic rings. The van der Waals surface area contributed by atoms with E-state index >= 15 is 0 Å². The van der Waals surface area contributed by atoms with E-state index in [1.165, 1.54) is 5.56 Å². The van der Waals surface area contributed by atoms with E-state index in [4.69, 9.17) is 0 Å². The molecule has 19 heavy (non-hydrogen) atoms. The molecule has 3 rings (SSSR count). The Bertz CT molecular complexity index is 731. The number of aromatic nitrogens is 1. The first-order valence-electron chi connectivity index (χ1n) is 6.05. The average Bonchev–Trinajstić information content (AvgIpc) is 2.90. The molecule has 0 aliphatic heterocycles. The molecule has 0 radical (unpaired) electrons. The van der Waals surface area contributed by atoms with E-state index in [-0.39, 0.29) is 5.91 Å². The SMILES string of the molecule is O=C(c1ccccc1)n1ccc2cc(CBr)ccc21. The summed E-state index contributed by atoms with van der Waals surface area (Å²) in [6.45, 7) is 0. The minimum atomic E-state index is 0.00203. The van der Waals surface area contributed by atoms with Crippen molar-refractivity contribution in [3.63, 3.8) is 0 Å². The molecular formula is C16H12BrNO. The van der Waals surface area contributed by atoms with Crippen LogP contribution in [-0.2, 0) is 5.33 Å². The van der Waals surface area contributed by atoms with Gasteiger partial charge in [-0.25, -0.2) is 0 Å². The Morgan fingerprint density at radius 3 is 2.58 bits per heavy atom. The van der Waals surface area contributed by atoms with Crippen molar-refractivity contribution in [3.05, 3.63) is 71.9 Å². The standard InChI is InChI=1S/C16H12BrNO/c17-11-12-6-7-15-14(10-12)8-9-18(15)16(19)13-4-2-1-3-5-13/h1-10H,11H2. The molecular weight excluding hydrogens is 302 g/mol. The molecule has 0 amide bonds. The number of benzene rings is 2. The van der Waals surface area contributed by atoms with E-state index in [1.54, 1.807) is 4.57 Å². The number of carbonyl (C=O) groups excluding carboxylic acids is 1. The highest BCUT2D eigenvalue weighted by Crippen LogP contribution is 2.20. The van der Waals surface area contributed by atoms with Crippen LogP contribution in [0.4, 0.5) is 0 Å². The zero-order valence-corrected chi connectivity index (χ0v) is 11.8. The molecule has 2 aromatic carbocycles. The molecule has 0 aliphatic carbocycles. The van der Waals surface area contributed by atoms with Crippen LogP contribution in [0.15, 0.2) is 60.8 Å². The van der Waals surface area contributed by atoms with Gasteiger partial charge in [-0.15, -0.1) is 0 Å². The van der Waals surface area contributed by atoms with E-state index in [0.717, 1.165) is 16.2 Å². The Hall–Kier alpha value is -1.87. The van der Waals surface area contributed by atoms with Crippen molar-refractivity contribution in [1.29, 1.82) is 0 Å². The van der Waals surface area contributed by atoms with Gasteiger partial charge in [0.2, 0.25) is 0 Å². The largest absolute Gasteiger partial charge is 0.283 e. The highest BCUT2D eigenvalue weighted by molar-refractivity contribution is 9.08. The lowest BCUT2D eigenvalue weighted by atomic mass is 10.2. The van der Waals surface area contributed by atoms with Crippen LogP contribution in [0.5, 0.6) is 0 Å². The van der Waals surface area contributed by atoms with Crippen LogP contribution in [-0.4, -0.2) is 10.5 Å². The highest BCUT2D eigenvalue weighted by Gasteiger charge is 2.10. The topological polar surface area (TPSA) is 22.0 Å². The molecule has 0 aliphatic rings. The number of carbonyl (C=O) groups is 1. The van der Waals surface area contributed by atoms with Crippen LogP contribution in [0.3, 0.4) is 0 Å². The van der Waals surface area contributed by atoms with Crippen molar-refractivity contribution in [2.24, 2.45) is 0 Å². The van der Waals surface area contributed by atoms with Crippen LogP contribution >= 0.6 is 15.9 Å². The summed E-state index contributed by atoms with van der Waals surface area (Å²) >= 11 is 3.44. The van der Waals surface area contributed by atoms with Crippen molar-refractivity contribution in [3.8, 4) is 0 Å². The molecule has 0 atom stereocenters. The number of halogens is 1. The lowest BCUT2D eigenvalue weighted by Crippen LogP contribution is -2.10. The zero-order valence-electron chi connectivity index (χ0n) is 10.2. The maximum atomic E-state index is 12.4. The number of nitrogens with zero attached hydrogens (tertiary/aromatic N) is 1. The second-order valence-electron chi connectivity index (χ2n) is 4.38. The number of fused-ring (bicyclic) bond motifs is 1. The van der Waals surface area contributed by atoms with Crippen LogP contribution in [0.25, 0.3) is 10.9 Å². The maximum Gasteiger partial charge on any atom is 0.262 e. The smallest absolute Gasteiger partial charge is 0.262 e. The molecule has 0 unspecified atom stereocenters. The van der Waals surface area contributed by atoms with Gasteiger partial charge in [0.25, 0.3) is 5.91 Å². The molecule has 0 N–H and O–H groups in total. The van der Waals surface area contributed by atoms with E-state index in [9.17, 15) is 4.79 Å². The molecule has 1 aromatic heterocycles. The van der Waals surface area contributed by atoms with Gasteiger partial charge in [0.1, 0.15) is 0 Å². The summed E-state index contributed by atoms with van der Waals surface area (Å²) in [6, 6.07) is 17.4. The summed E-state index contributed by atoms with van der Waals surface area (Å²) in [5, 5.41) is 1.90. The third-order valence-electron chi connectivity index (χ3n) is 3.15. The van der Waals surface area contributed by atoms with Gasteiger partial charge in [0.05, 0.1) is 5.52 Å². The molecule has 0 saturated heterocycles. The summed E-state index contributed by atoms with van der Waals surface area (Å²) in [6.07, 6.45) is 1.83. The Balaban J connectivity index is 2.09. The number of hydrogen-bond donors (Lipinski definition) is 0. The Labute approximate surface area is 119 Å². The quantitative estimate of drug-likeness (QED) is 0.649. The van der Waals surface area contributed by atoms with E-state index in [1.807, 2.05) is 54.7 Å². The average molecular weight is 314 g/mol. The van der Waals surface area contributed by atoms with Crippen molar-refractivity contribution < 1.29 is 4.79 Å². The normalized spacial score (nSPS) is 10.8. The third kappa shape index (κ3) is 2.22. The lowest BCUT2D eigenvalue weighted by molar-refractivity contribution is 0.0965. The molecule has 94 valence electrons. The highest BCUT2D eigenvalue weighted by atomic mass is 79.9. The number of rotatable bonds is 2.